The van der Waals surface area contributed by atoms with Gasteiger partial charge in [0.15, 0.2) is 11.5 Å². The van der Waals surface area contributed by atoms with Crippen molar-refractivity contribution in [3.05, 3.63) is 71.5 Å². The maximum absolute atomic E-state index is 9.45. The van der Waals surface area contributed by atoms with Crippen LogP contribution in [0.25, 0.3) is 24.4 Å². The smallest absolute Gasteiger partial charge is 0.157 e. The summed E-state index contributed by atoms with van der Waals surface area (Å²) in [6.45, 7) is 0. The Morgan fingerprint density at radius 2 is 1.65 bits per heavy atom. The Kier molecular flexibility index (Phi) is 4.20. The van der Waals surface area contributed by atoms with E-state index in [9.17, 15) is 10.2 Å². The first kappa shape index (κ1) is 14.6. The van der Waals surface area contributed by atoms with Crippen LogP contribution in [0, 0.1) is 0 Å². The Morgan fingerprint density at radius 1 is 0.826 bits per heavy atom. The highest BCUT2D eigenvalue weighted by Gasteiger charge is 1.99. The van der Waals surface area contributed by atoms with Crippen molar-refractivity contribution in [3.63, 3.8) is 0 Å². The van der Waals surface area contributed by atoms with Gasteiger partial charge in [0.05, 0.1) is 6.20 Å². The van der Waals surface area contributed by atoms with E-state index < -0.39 is 0 Å². The second kappa shape index (κ2) is 6.62. The Bertz CT molecular complexity index is 852. The Labute approximate surface area is 133 Å². The van der Waals surface area contributed by atoms with Gasteiger partial charge in [-0.15, -0.1) is 5.10 Å². The molecule has 3 rings (SSSR count). The van der Waals surface area contributed by atoms with Crippen LogP contribution in [-0.2, 0) is 0 Å². The monoisotopic (exact) mass is 305 g/mol. The molecule has 1 aromatic heterocycles. The number of benzene rings is 2. The SMILES string of the molecule is Oc1ccc(/C=C/c2cn(/C=C/c3ccccc3)nn2)cc1O. The zero-order chi connectivity index (χ0) is 16.1. The fourth-order valence-electron chi connectivity index (χ4n) is 1.99. The quantitative estimate of drug-likeness (QED) is 0.724. The number of hydrogen-bond donors (Lipinski definition) is 2. The molecule has 0 saturated heterocycles. The molecule has 0 aliphatic rings. The third kappa shape index (κ3) is 3.85. The van der Waals surface area contributed by atoms with E-state index in [0.717, 1.165) is 11.1 Å². The molecule has 5 nitrogen and oxygen atoms in total. The van der Waals surface area contributed by atoms with Gasteiger partial charge >= 0.3 is 0 Å². The highest BCUT2D eigenvalue weighted by molar-refractivity contribution is 5.69. The zero-order valence-electron chi connectivity index (χ0n) is 12.2. The summed E-state index contributed by atoms with van der Waals surface area (Å²) in [5.74, 6) is -0.291. The summed E-state index contributed by atoms with van der Waals surface area (Å²) < 4.78 is 1.63. The average molecular weight is 305 g/mol. The molecule has 0 bridgehead atoms. The van der Waals surface area contributed by atoms with E-state index in [2.05, 4.69) is 10.3 Å². The molecule has 5 heteroatoms. The van der Waals surface area contributed by atoms with E-state index in [0.29, 0.717) is 5.69 Å². The van der Waals surface area contributed by atoms with Gasteiger partial charge < -0.3 is 10.2 Å². The third-order valence-corrected chi connectivity index (χ3v) is 3.19. The molecule has 2 N–H and O–H groups in total. The normalized spacial score (nSPS) is 11.5. The summed E-state index contributed by atoms with van der Waals surface area (Å²) >= 11 is 0. The molecule has 0 atom stereocenters. The van der Waals surface area contributed by atoms with Crippen molar-refractivity contribution in [1.29, 1.82) is 0 Å². The van der Waals surface area contributed by atoms with E-state index in [1.54, 1.807) is 29.1 Å². The Balaban J connectivity index is 1.70. The molecular weight excluding hydrogens is 290 g/mol. The fraction of sp³-hybridized carbons (Fsp3) is 0. The lowest BCUT2D eigenvalue weighted by atomic mass is 10.2. The second-order valence-electron chi connectivity index (χ2n) is 4.93. The summed E-state index contributed by atoms with van der Waals surface area (Å²) in [4.78, 5) is 0. The minimum atomic E-state index is -0.151. The lowest BCUT2D eigenvalue weighted by Gasteiger charge is -1.97. The van der Waals surface area contributed by atoms with Crippen LogP contribution in [0.3, 0.4) is 0 Å². The molecular formula is C18H15N3O2. The van der Waals surface area contributed by atoms with E-state index in [4.69, 9.17) is 0 Å². The van der Waals surface area contributed by atoms with Crippen molar-refractivity contribution in [2.75, 3.05) is 0 Å². The Morgan fingerprint density at radius 3 is 2.43 bits per heavy atom. The molecule has 114 valence electrons. The van der Waals surface area contributed by atoms with Crippen LogP contribution in [0.1, 0.15) is 16.8 Å². The van der Waals surface area contributed by atoms with Crippen molar-refractivity contribution in [2.24, 2.45) is 0 Å². The first-order valence-corrected chi connectivity index (χ1v) is 7.06. The molecule has 3 aromatic rings. The van der Waals surface area contributed by atoms with Crippen molar-refractivity contribution in [3.8, 4) is 11.5 Å². The first-order chi connectivity index (χ1) is 11.2. The number of rotatable bonds is 4. The second-order valence-corrected chi connectivity index (χ2v) is 4.93. The van der Waals surface area contributed by atoms with Crippen LogP contribution in [0.4, 0.5) is 0 Å². The van der Waals surface area contributed by atoms with Gasteiger partial charge in [-0.05, 0) is 35.4 Å². The van der Waals surface area contributed by atoms with Crippen LogP contribution in [0.5, 0.6) is 11.5 Å². The van der Waals surface area contributed by atoms with Gasteiger partial charge in [0.1, 0.15) is 5.69 Å². The predicted molar refractivity (Wildman–Crippen MR) is 90.4 cm³/mol. The topological polar surface area (TPSA) is 71.2 Å². The van der Waals surface area contributed by atoms with Crippen LogP contribution in [0.2, 0.25) is 0 Å². The third-order valence-electron chi connectivity index (χ3n) is 3.19. The number of phenols is 2. The number of aromatic nitrogens is 3. The van der Waals surface area contributed by atoms with Crippen molar-refractivity contribution < 1.29 is 10.2 Å². The molecule has 0 amide bonds. The van der Waals surface area contributed by atoms with Gasteiger partial charge in [-0.3, -0.25) is 0 Å². The summed E-state index contributed by atoms with van der Waals surface area (Å²) in [6, 6.07) is 14.5. The summed E-state index contributed by atoms with van der Waals surface area (Å²) in [5.41, 5.74) is 2.53. The molecule has 23 heavy (non-hydrogen) atoms. The number of nitrogens with zero attached hydrogens (tertiary/aromatic N) is 3. The van der Waals surface area contributed by atoms with E-state index in [-0.39, 0.29) is 11.5 Å². The molecule has 0 unspecified atom stereocenters. The average Bonchev–Trinajstić information content (AvgIpc) is 3.03. The van der Waals surface area contributed by atoms with Crippen molar-refractivity contribution in [2.45, 2.75) is 0 Å². The van der Waals surface area contributed by atoms with Crippen LogP contribution < -0.4 is 0 Å². The maximum Gasteiger partial charge on any atom is 0.157 e. The standard InChI is InChI=1S/C18H15N3O2/c22-17-9-7-15(12-18(17)23)6-8-16-13-21(20-19-16)11-10-14-4-2-1-3-5-14/h1-13,22-23H/b8-6+,11-10+. The lowest BCUT2D eigenvalue weighted by Crippen LogP contribution is -1.85. The number of hydrogen-bond acceptors (Lipinski definition) is 4. The molecule has 0 aliphatic heterocycles. The van der Waals surface area contributed by atoms with Gasteiger partial charge in [-0.2, -0.15) is 0 Å². The largest absolute Gasteiger partial charge is 0.504 e. The molecule has 0 spiro atoms. The van der Waals surface area contributed by atoms with E-state index in [1.807, 2.05) is 42.6 Å². The van der Waals surface area contributed by atoms with Gasteiger partial charge in [-0.25, -0.2) is 4.68 Å². The highest BCUT2D eigenvalue weighted by Crippen LogP contribution is 2.25. The van der Waals surface area contributed by atoms with Crippen molar-refractivity contribution in [1.82, 2.24) is 15.0 Å². The number of aromatic hydroxyl groups is 2. The molecule has 2 aromatic carbocycles. The van der Waals surface area contributed by atoms with Crippen LogP contribution in [-0.4, -0.2) is 25.2 Å². The van der Waals surface area contributed by atoms with Gasteiger partial charge in [0, 0.05) is 6.20 Å². The molecule has 0 aliphatic carbocycles. The zero-order valence-corrected chi connectivity index (χ0v) is 12.2. The summed E-state index contributed by atoms with van der Waals surface area (Å²) in [7, 11) is 0. The molecule has 0 radical (unpaired) electrons. The van der Waals surface area contributed by atoms with Crippen molar-refractivity contribution >= 4 is 24.4 Å². The Hall–Kier alpha value is -3.34. The van der Waals surface area contributed by atoms with Gasteiger partial charge in [0.25, 0.3) is 0 Å². The van der Waals surface area contributed by atoms with Crippen LogP contribution >= 0.6 is 0 Å². The first-order valence-electron chi connectivity index (χ1n) is 7.06. The number of phenolic OH excluding ortho intramolecular Hbond substituents is 2. The molecule has 0 saturated carbocycles. The van der Waals surface area contributed by atoms with Gasteiger partial charge in [-0.1, -0.05) is 47.7 Å². The molecule has 1 heterocycles. The predicted octanol–water partition coefficient (Wildman–Crippen LogP) is 3.49. The highest BCUT2D eigenvalue weighted by atomic mass is 16.3. The van der Waals surface area contributed by atoms with E-state index in [1.165, 1.54) is 12.1 Å². The lowest BCUT2D eigenvalue weighted by molar-refractivity contribution is 0.403. The fourth-order valence-corrected chi connectivity index (χ4v) is 1.99. The minimum Gasteiger partial charge on any atom is -0.504 e. The van der Waals surface area contributed by atoms with Gasteiger partial charge in [0.2, 0.25) is 0 Å². The minimum absolute atomic E-state index is 0.140. The van der Waals surface area contributed by atoms with Crippen LogP contribution in [0.15, 0.2) is 54.7 Å². The van der Waals surface area contributed by atoms with E-state index >= 15 is 0 Å². The maximum atomic E-state index is 9.45. The summed E-state index contributed by atoms with van der Waals surface area (Å²) in [6.07, 6.45) is 9.13. The summed E-state index contributed by atoms with van der Waals surface area (Å²) in [5, 5.41) is 26.8. The molecule has 0 fully saturated rings.